The molecule has 0 radical (unpaired) electrons. The van der Waals surface area contributed by atoms with Crippen LogP contribution in [0.3, 0.4) is 0 Å². The summed E-state index contributed by atoms with van der Waals surface area (Å²) < 4.78 is 26.8. The van der Waals surface area contributed by atoms with Crippen LogP contribution < -0.4 is 11.3 Å². The van der Waals surface area contributed by atoms with Crippen LogP contribution in [0.15, 0.2) is 48.5 Å². The third-order valence-electron chi connectivity index (χ3n) is 4.03. The lowest BCUT2D eigenvalue weighted by atomic mass is 9.75. The molecule has 0 heterocycles. The largest absolute Gasteiger partial charge is 0.271 e. The Morgan fingerprint density at radius 2 is 1.76 bits per heavy atom. The predicted octanol–water partition coefficient (Wildman–Crippen LogP) is 3.32. The van der Waals surface area contributed by atoms with Crippen LogP contribution in [0.25, 0.3) is 0 Å². The number of hydrazine groups is 1. The molecule has 0 saturated heterocycles. The van der Waals surface area contributed by atoms with Crippen molar-refractivity contribution in [1.29, 1.82) is 0 Å². The minimum Gasteiger partial charge on any atom is -0.271 e. The van der Waals surface area contributed by atoms with Gasteiger partial charge in [0.1, 0.15) is 11.6 Å². The zero-order chi connectivity index (χ0) is 15.5. The molecule has 1 atom stereocenters. The first-order valence-electron chi connectivity index (χ1n) is 6.90. The molecule has 2 aromatic carbocycles. The molecule has 0 aliphatic heterocycles. The number of benzene rings is 2. The standard InChI is InChI=1S/C17H20F2N2/c1-17(2,13-6-4-3-5-7-13)16(21-20)10-12-8-9-14(18)11-15(12)19/h3-9,11,16,21H,10,20H2,1-2H3. The highest BCUT2D eigenvalue weighted by Gasteiger charge is 2.31. The van der Waals surface area contributed by atoms with Crippen molar-refractivity contribution in [1.82, 2.24) is 5.43 Å². The molecule has 3 N–H and O–H groups in total. The van der Waals surface area contributed by atoms with Gasteiger partial charge in [0.2, 0.25) is 0 Å². The fourth-order valence-corrected chi connectivity index (χ4v) is 2.50. The molecule has 0 spiro atoms. The second kappa shape index (κ2) is 6.33. The van der Waals surface area contributed by atoms with Gasteiger partial charge in [-0.3, -0.25) is 11.3 Å². The highest BCUT2D eigenvalue weighted by atomic mass is 19.1. The monoisotopic (exact) mass is 290 g/mol. The molecule has 0 fully saturated rings. The smallest absolute Gasteiger partial charge is 0.129 e. The van der Waals surface area contributed by atoms with Crippen molar-refractivity contribution in [2.45, 2.75) is 31.7 Å². The summed E-state index contributed by atoms with van der Waals surface area (Å²) in [6.07, 6.45) is 0.379. The molecule has 21 heavy (non-hydrogen) atoms. The van der Waals surface area contributed by atoms with Crippen molar-refractivity contribution < 1.29 is 8.78 Å². The third-order valence-corrected chi connectivity index (χ3v) is 4.03. The summed E-state index contributed by atoms with van der Waals surface area (Å²) in [4.78, 5) is 0. The van der Waals surface area contributed by atoms with Crippen LogP contribution in [0.1, 0.15) is 25.0 Å². The number of rotatable bonds is 5. The topological polar surface area (TPSA) is 38.0 Å². The van der Waals surface area contributed by atoms with Gasteiger partial charge >= 0.3 is 0 Å². The molecular formula is C17H20F2N2. The van der Waals surface area contributed by atoms with E-state index in [1.807, 2.05) is 44.2 Å². The average Bonchev–Trinajstić information content (AvgIpc) is 2.47. The fourth-order valence-electron chi connectivity index (χ4n) is 2.50. The van der Waals surface area contributed by atoms with Crippen molar-refractivity contribution in [3.8, 4) is 0 Å². The maximum absolute atomic E-state index is 13.8. The van der Waals surface area contributed by atoms with Gasteiger partial charge in [-0.05, 0) is 23.6 Å². The number of halogens is 2. The molecule has 0 saturated carbocycles. The SMILES string of the molecule is CC(C)(c1ccccc1)C(Cc1ccc(F)cc1F)NN. The number of hydrogen-bond donors (Lipinski definition) is 2. The third kappa shape index (κ3) is 3.46. The van der Waals surface area contributed by atoms with Crippen LogP contribution in [-0.4, -0.2) is 6.04 Å². The zero-order valence-electron chi connectivity index (χ0n) is 12.2. The normalized spacial score (nSPS) is 13.2. The Kier molecular flexibility index (Phi) is 4.70. The average molecular weight is 290 g/mol. The van der Waals surface area contributed by atoms with Crippen LogP contribution in [0.5, 0.6) is 0 Å². The van der Waals surface area contributed by atoms with Crippen LogP contribution >= 0.6 is 0 Å². The van der Waals surface area contributed by atoms with Gasteiger partial charge in [0.25, 0.3) is 0 Å². The second-order valence-corrected chi connectivity index (χ2v) is 5.75. The molecule has 0 amide bonds. The van der Waals surface area contributed by atoms with Crippen molar-refractivity contribution in [3.63, 3.8) is 0 Å². The summed E-state index contributed by atoms with van der Waals surface area (Å²) in [5.74, 6) is 4.56. The molecule has 0 bridgehead atoms. The Morgan fingerprint density at radius 1 is 1.10 bits per heavy atom. The van der Waals surface area contributed by atoms with E-state index in [0.29, 0.717) is 12.0 Å². The van der Waals surface area contributed by atoms with E-state index in [1.54, 1.807) is 0 Å². The van der Waals surface area contributed by atoms with Gasteiger partial charge in [-0.1, -0.05) is 50.2 Å². The van der Waals surface area contributed by atoms with Gasteiger partial charge in [-0.15, -0.1) is 0 Å². The van der Waals surface area contributed by atoms with Gasteiger partial charge in [-0.2, -0.15) is 0 Å². The lowest BCUT2D eigenvalue weighted by Crippen LogP contribution is -2.49. The Bertz CT molecular complexity index is 597. The Balaban J connectivity index is 2.27. The summed E-state index contributed by atoms with van der Waals surface area (Å²) >= 11 is 0. The summed E-state index contributed by atoms with van der Waals surface area (Å²) in [5, 5.41) is 0. The molecule has 2 aromatic rings. The van der Waals surface area contributed by atoms with E-state index in [9.17, 15) is 8.78 Å². The minimum atomic E-state index is -0.573. The van der Waals surface area contributed by atoms with E-state index >= 15 is 0 Å². The Morgan fingerprint density at radius 3 is 2.33 bits per heavy atom. The first-order valence-corrected chi connectivity index (χ1v) is 6.90. The van der Waals surface area contributed by atoms with Crippen molar-refractivity contribution >= 4 is 0 Å². The van der Waals surface area contributed by atoms with Crippen molar-refractivity contribution in [2.24, 2.45) is 5.84 Å². The van der Waals surface area contributed by atoms with Gasteiger partial charge in [0.05, 0.1) is 0 Å². The molecule has 0 aromatic heterocycles. The summed E-state index contributed by atoms with van der Waals surface area (Å²) in [6, 6.07) is 13.4. The Labute approximate surface area is 124 Å². The quantitative estimate of drug-likeness (QED) is 0.655. The summed E-state index contributed by atoms with van der Waals surface area (Å²) in [5.41, 5.74) is 4.03. The maximum atomic E-state index is 13.8. The molecule has 112 valence electrons. The maximum Gasteiger partial charge on any atom is 0.129 e. The number of nitrogens with two attached hydrogens (primary N) is 1. The van der Waals surface area contributed by atoms with E-state index < -0.39 is 11.6 Å². The van der Waals surface area contributed by atoms with E-state index in [-0.39, 0.29) is 11.5 Å². The van der Waals surface area contributed by atoms with Gasteiger partial charge in [0.15, 0.2) is 0 Å². The molecule has 4 heteroatoms. The van der Waals surface area contributed by atoms with E-state index in [2.05, 4.69) is 5.43 Å². The first-order chi connectivity index (χ1) is 9.95. The summed E-state index contributed by atoms with van der Waals surface area (Å²) in [6.45, 7) is 4.10. The first kappa shape index (κ1) is 15.6. The van der Waals surface area contributed by atoms with Gasteiger partial charge < -0.3 is 0 Å². The highest BCUT2D eigenvalue weighted by Crippen LogP contribution is 2.29. The van der Waals surface area contributed by atoms with Crippen LogP contribution in [0.2, 0.25) is 0 Å². The lowest BCUT2D eigenvalue weighted by Gasteiger charge is -2.34. The summed E-state index contributed by atoms with van der Waals surface area (Å²) in [7, 11) is 0. The number of hydrogen-bond acceptors (Lipinski definition) is 2. The zero-order valence-corrected chi connectivity index (χ0v) is 12.2. The fraction of sp³-hybridized carbons (Fsp3) is 0.294. The van der Waals surface area contributed by atoms with Crippen LogP contribution in [-0.2, 0) is 11.8 Å². The van der Waals surface area contributed by atoms with Crippen LogP contribution in [0, 0.1) is 11.6 Å². The second-order valence-electron chi connectivity index (χ2n) is 5.75. The predicted molar refractivity (Wildman–Crippen MR) is 80.6 cm³/mol. The van der Waals surface area contributed by atoms with Crippen molar-refractivity contribution in [2.75, 3.05) is 0 Å². The molecule has 2 rings (SSSR count). The molecule has 0 aliphatic rings. The Hall–Kier alpha value is -1.78. The van der Waals surface area contributed by atoms with E-state index in [4.69, 9.17) is 5.84 Å². The highest BCUT2D eigenvalue weighted by molar-refractivity contribution is 5.28. The van der Waals surface area contributed by atoms with Crippen molar-refractivity contribution in [3.05, 3.63) is 71.3 Å². The van der Waals surface area contributed by atoms with Crippen LogP contribution in [0.4, 0.5) is 8.78 Å². The molecule has 0 aliphatic carbocycles. The number of nitrogens with one attached hydrogen (secondary N) is 1. The van der Waals surface area contributed by atoms with E-state index in [1.165, 1.54) is 12.1 Å². The molecule has 2 nitrogen and oxygen atoms in total. The lowest BCUT2D eigenvalue weighted by molar-refractivity contribution is 0.338. The molecule has 1 unspecified atom stereocenters. The van der Waals surface area contributed by atoms with Gasteiger partial charge in [-0.25, -0.2) is 8.78 Å². The minimum absolute atomic E-state index is 0.181. The van der Waals surface area contributed by atoms with Gasteiger partial charge in [0, 0.05) is 17.5 Å². The van der Waals surface area contributed by atoms with E-state index in [0.717, 1.165) is 11.6 Å². The molecular weight excluding hydrogens is 270 g/mol.